The summed E-state index contributed by atoms with van der Waals surface area (Å²) in [6, 6.07) is 3.95. The molecule has 0 spiro atoms. The molecule has 0 fully saturated rings. The van der Waals surface area contributed by atoms with Gasteiger partial charge in [0.1, 0.15) is 0 Å². The molecular weight excluding hydrogens is 226 g/mol. The predicted molar refractivity (Wildman–Crippen MR) is 47.5 cm³/mol. The van der Waals surface area contributed by atoms with Crippen molar-refractivity contribution < 1.29 is 4.42 Å². The van der Waals surface area contributed by atoms with Crippen LogP contribution in [0.5, 0.6) is 0 Å². The smallest absolute Gasteiger partial charge is 0.237 e. The van der Waals surface area contributed by atoms with Crippen molar-refractivity contribution in [3.63, 3.8) is 0 Å². The molecule has 0 saturated heterocycles. The molecule has 0 bridgehead atoms. The summed E-state index contributed by atoms with van der Waals surface area (Å²) in [5.41, 5.74) is 0. The van der Waals surface area contributed by atoms with E-state index < -0.39 is 0 Å². The Hall–Kier alpha value is -0.610. The maximum Gasteiger partial charge on any atom is 0.237 e. The molecule has 56 valence electrons. The number of thiophene rings is 1. The summed E-state index contributed by atoms with van der Waals surface area (Å²) in [6.07, 6.45) is 1.65. The van der Waals surface area contributed by atoms with E-state index in [4.69, 9.17) is 4.42 Å². The first-order valence-corrected chi connectivity index (χ1v) is 4.69. The van der Waals surface area contributed by atoms with Crippen LogP contribution >= 0.6 is 27.3 Å². The van der Waals surface area contributed by atoms with Gasteiger partial charge in [-0.2, -0.15) is 0 Å². The van der Waals surface area contributed by atoms with Gasteiger partial charge in [0.15, 0.2) is 4.67 Å². The van der Waals surface area contributed by atoms with E-state index in [9.17, 15) is 0 Å². The van der Waals surface area contributed by atoms with E-state index in [0.717, 1.165) is 4.88 Å². The summed E-state index contributed by atoms with van der Waals surface area (Å²) >= 11 is 4.81. The van der Waals surface area contributed by atoms with Crippen molar-refractivity contribution in [2.75, 3.05) is 0 Å². The highest BCUT2D eigenvalue weighted by Gasteiger charge is 2.04. The van der Waals surface area contributed by atoms with Gasteiger partial charge >= 0.3 is 0 Å². The lowest BCUT2D eigenvalue weighted by molar-refractivity contribution is 0.551. The molecule has 0 atom stereocenters. The van der Waals surface area contributed by atoms with Crippen molar-refractivity contribution in [3.8, 4) is 10.8 Å². The summed E-state index contributed by atoms with van der Waals surface area (Å²) in [6.45, 7) is 0. The predicted octanol–water partition coefficient (Wildman–Crippen LogP) is 3.17. The number of aromatic nitrogens is 1. The normalized spacial score (nSPS) is 10.3. The van der Waals surface area contributed by atoms with Crippen LogP contribution < -0.4 is 0 Å². The third-order valence-corrected chi connectivity index (χ3v) is 2.43. The van der Waals surface area contributed by atoms with E-state index in [1.54, 1.807) is 17.5 Å². The third kappa shape index (κ3) is 1.36. The summed E-state index contributed by atoms with van der Waals surface area (Å²) in [5.74, 6) is 0.673. The van der Waals surface area contributed by atoms with Crippen LogP contribution in [0.15, 0.2) is 32.8 Å². The van der Waals surface area contributed by atoms with Crippen LogP contribution in [0, 0.1) is 0 Å². The summed E-state index contributed by atoms with van der Waals surface area (Å²) in [4.78, 5) is 5.11. The zero-order valence-electron chi connectivity index (χ0n) is 5.45. The van der Waals surface area contributed by atoms with Crippen LogP contribution in [-0.2, 0) is 0 Å². The van der Waals surface area contributed by atoms with Gasteiger partial charge in [-0.1, -0.05) is 6.07 Å². The summed E-state index contributed by atoms with van der Waals surface area (Å²) in [7, 11) is 0. The molecule has 2 nitrogen and oxygen atoms in total. The van der Waals surface area contributed by atoms with E-state index >= 15 is 0 Å². The molecule has 0 unspecified atom stereocenters. The number of rotatable bonds is 1. The van der Waals surface area contributed by atoms with Gasteiger partial charge in [-0.25, -0.2) is 4.98 Å². The van der Waals surface area contributed by atoms with E-state index in [0.29, 0.717) is 10.6 Å². The van der Waals surface area contributed by atoms with Crippen LogP contribution in [0.3, 0.4) is 0 Å². The molecule has 0 aliphatic heterocycles. The Balaban J connectivity index is 2.45. The van der Waals surface area contributed by atoms with E-state index in [2.05, 4.69) is 20.9 Å². The van der Waals surface area contributed by atoms with Crippen LogP contribution in [0.1, 0.15) is 0 Å². The lowest BCUT2D eigenvalue weighted by Gasteiger charge is -1.84. The van der Waals surface area contributed by atoms with Crippen LogP contribution in [0.2, 0.25) is 0 Å². The second kappa shape index (κ2) is 2.79. The van der Waals surface area contributed by atoms with Gasteiger partial charge in [0.05, 0.1) is 11.1 Å². The molecule has 0 saturated carbocycles. The van der Waals surface area contributed by atoms with Gasteiger partial charge in [-0.05, 0) is 27.4 Å². The lowest BCUT2D eigenvalue weighted by Crippen LogP contribution is -1.65. The lowest BCUT2D eigenvalue weighted by atomic mass is 10.5. The molecule has 2 heterocycles. The first-order valence-electron chi connectivity index (χ1n) is 3.01. The average Bonchev–Trinajstić information content (AvgIpc) is 2.55. The Kier molecular flexibility index (Phi) is 1.79. The van der Waals surface area contributed by atoms with Crippen LogP contribution in [0.25, 0.3) is 10.8 Å². The molecule has 2 rings (SSSR count). The maximum atomic E-state index is 5.24. The zero-order valence-corrected chi connectivity index (χ0v) is 7.85. The summed E-state index contributed by atoms with van der Waals surface area (Å²) < 4.78 is 5.91. The van der Waals surface area contributed by atoms with Crippen molar-refractivity contribution in [1.82, 2.24) is 4.98 Å². The largest absolute Gasteiger partial charge is 0.429 e. The number of halogens is 1. The van der Waals surface area contributed by atoms with Gasteiger partial charge in [-0.3, -0.25) is 0 Å². The Labute approximate surface area is 76.0 Å². The monoisotopic (exact) mass is 229 g/mol. The van der Waals surface area contributed by atoms with Gasteiger partial charge in [-0.15, -0.1) is 11.3 Å². The fourth-order valence-electron chi connectivity index (χ4n) is 0.769. The molecule has 2 aromatic heterocycles. The second-order valence-corrected chi connectivity index (χ2v) is 3.68. The Morgan fingerprint density at radius 2 is 2.45 bits per heavy atom. The van der Waals surface area contributed by atoms with Crippen molar-refractivity contribution in [2.45, 2.75) is 0 Å². The highest BCUT2D eigenvalue weighted by atomic mass is 79.9. The van der Waals surface area contributed by atoms with Crippen LogP contribution in [-0.4, -0.2) is 4.98 Å². The van der Waals surface area contributed by atoms with E-state index in [-0.39, 0.29) is 0 Å². The quantitative estimate of drug-likeness (QED) is 0.751. The third-order valence-electron chi connectivity index (χ3n) is 1.21. The number of hydrogen-bond donors (Lipinski definition) is 0. The molecular formula is C7H4BrNOS. The fraction of sp³-hybridized carbons (Fsp3) is 0. The zero-order chi connectivity index (χ0) is 7.68. The van der Waals surface area contributed by atoms with Gasteiger partial charge in [0.25, 0.3) is 0 Å². The van der Waals surface area contributed by atoms with Crippen molar-refractivity contribution in [3.05, 3.63) is 28.4 Å². The number of oxazole rings is 1. The minimum atomic E-state index is 0.668. The molecule has 11 heavy (non-hydrogen) atoms. The molecule has 0 aliphatic rings. The van der Waals surface area contributed by atoms with Crippen molar-refractivity contribution in [1.29, 1.82) is 0 Å². The Bertz CT molecular complexity index is 341. The second-order valence-electron chi connectivity index (χ2n) is 1.95. The number of hydrogen-bond acceptors (Lipinski definition) is 3. The minimum Gasteiger partial charge on any atom is -0.429 e. The van der Waals surface area contributed by atoms with E-state index in [1.807, 2.05) is 17.5 Å². The first-order chi connectivity index (χ1) is 5.36. The minimum absolute atomic E-state index is 0.668. The molecule has 2 aromatic rings. The molecule has 0 radical (unpaired) electrons. The Morgan fingerprint density at radius 1 is 1.55 bits per heavy atom. The topological polar surface area (TPSA) is 26.0 Å². The molecule has 0 aromatic carbocycles. The van der Waals surface area contributed by atoms with Crippen LogP contribution in [0.4, 0.5) is 0 Å². The van der Waals surface area contributed by atoms with Gasteiger partial charge in [0, 0.05) is 0 Å². The van der Waals surface area contributed by atoms with Gasteiger partial charge < -0.3 is 4.42 Å². The standard InChI is InChI=1S/C7H4BrNOS/c8-6-4-9-7(10-6)5-2-1-3-11-5/h1-4H. The highest BCUT2D eigenvalue weighted by molar-refractivity contribution is 9.10. The molecule has 0 aliphatic carbocycles. The molecule has 0 amide bonds. The maximum absolute atomic E-state index is 5.24. The highest BCUT2D eigenvalue weighted by Crippen LogP contribution is 2.25. The van der Waals surface area contributed by atoms with Crippen molar-refractivity contribution >= 4 is 27.3 Å². The van der Waals surface area contributed by atoms with E-state index in [1.165, 1.54) is 0 Å². The molecule has 4 heteroatoms. The fourth-order valence-corrected chi connectivity index (χ4v) is 1.68. The van der Waals surface area contributed by atoms with Crippen molar-refractivity contribution in [2.24, 2.45) is 0 Å². The SMILES string of the molecule is Brc1cnc(-c2cccs2)o1. The average molecular weight is 230 g/mol. The first kappa shape index (κ1) is 7.06. The number of nitrogens with zero attached hydrogens (tertiary/aromatic N) is 1. The summed E-state index contributed by atoms with van der Waals surface area (Å²) in [5, 5.41) is 1.99. The molecule has 0 N–H and O–H groups in total. The van der Waals surface area contributed by atoms with Gasteiger partial charge in [0.2, 0.25) is 5.89 Å². The Morgan fingerprint density at radius 3 is 3.00 bits per heavy atom.